The van der Waals surface area contributed by atoms with Gasteiger partial charge in [-0.15, -0.1) is 0 Å². The largest absolute Gasteiger partial charge is 0.466 e. The monoisotopic (exact) mass is 1030 g/mol. The molecular formula is C67H127NO5. The number of rotatable bonds is 61. The third-order valence-electron chi connectivity index (χ3n) is 15.1. The van der Waals surface area contributed by atoms with E-state index in [1.807, 2.05) is 6.08 Å². The van der Waals surface area contributed by atoms with E-state index in [0.29, 0.717) is 19.4 Å². The first-order valence-electron chi connectivity index (χ1n) is 32.8. The second kappa shape index (κ2) is 62.6. The third kappa shape index (κ3) is 59.2. The van der Waals surface area contributed by atoms with Crippen molar-refractivity contribution in [2.24, 2.45) is 0 Å². The highest BCUT2D eigenvalue weighted by molar-refractivity contribution is 5.76. The Balaban J connectivity index is 3.45. The van der Waals surface area contributed by atoms with Crippen LogP contribution >= 0.6 is 0 Å². The van der Waals surface area contributed by atoms with Crippen LogP contribution in [-0.2, 0) is 14.3 Å². The van der Waals surface area contributed by atoms with E-state index in [-0.39, 0.29) is 18.5 Å². The number of unbranched alkanes of at least 4 members (excludes halogenated alkanes) is 46. The molecule has 0 radical (unpaired) electrons. The number of hydrogen-bond donors (Lipinski definition) is 3. The van der Waals surface area contributed by atoms with Gasteiger partial charge >= 0.3 is 5.97 Å². The van der Waals surface area contributed by atoms with Crippen molar-refractivity contribution in [3.05, 3.63) is 36.5 Å². The van der Waals surface area contributed by atoms with Gasteiger partial charge in [-0.3, -0.25) is 9.59 Å². The SMILES string of the molecule is CCCCCCCC/C=C\CCCCCCCC(=O)OCCCCCCCCCCCCC/C=C\CCCCCCCCCC(=O)NC(CO)C(O)/C=C/CCCCCCCCCCCCCCCCCCC. The number of aliphatic hydroxyl groups is 2. The molecule has 0 heterocycles. The Morgan fingerprint density at radius 1 is 0.370 bits per heavy atom. The number of esters is 1. The zero-order chi connectivity index (χ0) is 52.9. The third-order valence-corrected chi connectivity index (χ3v) is 15.1. The van der Waals surface area contributed by atoms with Crippen molar-refractivity contribution >= 4 is 11.9 Å². The van der Waals surface area contributed by atoms with Crippen LogP contribution in [0.25, 0.3) is 0 Å². The lowest BCUT2D eigenvalue weighted by molar-refractivity contribution is -0.143. The van der Waals surface area contributed by atoms with Crippen LogP contribution in [0.3, 0.4) is 0 Å². The highest BCUT2D eigenvalue weighted by atomic mass is 16.5. The summed E-state index contributed by atoms with van der Waals surface area (Å²) in [4.78, 5) is 24.6. The molecule has 6 nitrogen and oxygen atoms in total. The van der Waals surface area contributed by atoms with E-state index in [2.05, 4.69) is 43.5 Å². The van der Waals surface area contributed by atoms with E-state index in [1.165, 1.54) is 276 Å². The van der Waals surface area contributed by atoms with Gasteiger partial charge in [-0.25, -0.2) is 0 Å². The Bertz CT molecular complexity index is 1180. The van der Waals surface area contributed by atoms with Crippen LogP contribution in [0.4, 0.5) is 0 Å². The predicted octanol–water partition coefficient (Wildman–Crippen LogP) is 20.8. The van der Waals surface area contributed by atoms with Crippen molar-refractivity contribution in [3.8, 4) is 0 Å². The van der Waals surface area contributed by atoms with Gasteiger partial charge in [-0.1, -0.05) is 294 Å². The lowest BCUT2D eigenvalue weighted by atomic mass is 10.0. The van der Waals surface area contributed by atoms with Crippen LogP contribution in [0.15, 0.2) is 36.5 Å². The van der Waals surface area contributed by atoms with Crippen LogP contribution < -0.4 is 5.32 Å². The van der Waals surface area contributed by atoms with Gasteiger partial charge in [0.05, 0.1) is 25.4 Å². The molecule has 0 aliphatic rings. The zero-order valence-corrected chi connectivity index (χ0v) is 49.1. The average molecular weight is 1030 g/mol. The van der Waals surface area contributed by atoms with E-state index >= 15 is 0 Å². The fraction of sp³-hybridized carbons (Fsp3) is 0.881. The molecule has 0 rings (SSSR count). The first kappa shape index (κ1) is 71.1. The normalized spacial score (nSPS) is 12.8. The number of allylic oxidation sites excluding steroid dienone is 5. The second-order valence-electron chi connectivity index (χ2n) is 22.4. The molecule has 0 aromatic heterocycles. The molecule has 0 aliphatic carbocycles. The minimum absolute atomic E-state index is 0.00171. The lowest BCUT2D eigenvalue weighted by Gasteiger charge is -2.20. The van der Waals surface area contributed by atoms with Crippen molar-refractivity contribution in [3.63, 3.8) is 0 Å². The van der Waals surface area contributed by atoms with Crippen LogP contribution in [0, 0.1) is 0 Å². The molecule has 0 saturated carbocycles. The van der Waals surface area contributed by atoms with Crippen LogP contribution in [-0.4, -0.2) is 47.4 Å². The summed E-state index contributed by atoms with van der Waals surface area (Å²) in [6.07, 6.45) is 79.1. The van der Waals surface area contributed by atoms with Gasteiger partial charge in [0.25, 0.3) is 0 Å². The molecular weight excluding hydrogens is 899 g/mol. The highest BCUT2D eigenvalue weighted by Crippen LogP contribution is 2.17. The van der Waals surface area contributed by atoms with Gasteiger partial charge in [-0.05, 0) is 83.5 Å². The lowest BCUT2D eigenvalue weighted by Crippen LogP contribution is -2.45. The fourth-order valence-corrected chi connectivity index (χ4v) is 10.1. The Labute approximate surface area is 455 Å². The van der Waals surface area contributed by atoms with Crippen molar-refractivity contribution in [1.82, 2.24) is 5.32 Å². The summed E-state index contributed by atoms with van der Waals surface area (Å²) in [5.41, 5.74) is 0. The van der Waals surface area contributed by atoms with Gasteiger partial charge in [0, 0.05) is 12.8 Å². The van der Waals surface area contributed by atoms with Gasteiger partial charge in [0.15, 0.2) is 0 Å². The molecule has 73 heavy (non-hydrogen) atoms. The van der Waals surface area contributed by atoms with Crippen molar-refractivity contribution in [2.75, 3.05) is 13.2 Å². The molecule has 0 bridgehead atoms. The number of carbonyl (C=O) groups is 2. The summed E-state index contributed by atoms with van der Waals surface area (Å²) in [6.45, 7) is 4.91. The number of hydrogen-bond acceptors (Lipinski definition) is 5. The number of ether oxygens (including phenoxy) is 1. The Morgan fingerprint density at radius 3 is 0.973 bits per heavy atom. The predicted molar refractivity (Wildman–Crippen MR) is 319 cm³/mol. The molecule has 6 heteroatoms. The summed E-state index contributed by atoms with van der Waals surface area (Å²) in [5.74, 6) is -0.0709. The topological polar surface area (TPSA) is 95.9 Å². The quantitative estimate of drug-likeness (QED) is 0.0320. The van der Waals surface area contributed by atoms with E-state index in [4.69, 9.17) is 4.74 Å². The maximum absolute atomic E-state index is 12.5. The zero-order valence-electron chi connectivity index (χ0n) is 49.1. The van der Waals surface area contributed by atoms with Crippen LogP contribution in [0.5, 0.6) is 0 Å². The highest BCUT2D eigenvalue weighted by Gasteiger charge is 2.18. The molecule has 0 aromatic rings. The molecule has 2 atom stereocenters. The number of amides is 1. The maximum Gasteiger partial charge on any atom is 0.305 e. The fourth-order valence-electron chi connectivity index (χ4n) is 10.1. The molecule has 0 spiro atoms. The summed E-state index contributed by atoms with van der Waals surface area (Å²) in [5, 5.41) is 23.2. The number of aliphatic hydroxyl groups excluding tert-OH is 2. The summed E-state index contributed by atoms with van der Waals surface area (Å²) in [6, 6.07) is -0.634. The molecule has 0 fully saturated rings. The maximum atomic E-state index is 12.5. The molecule has 1 amide bonds. The minimum atomic E-state index is -0.850. The Morgan fingerprint density at radius 2 is 0.644 bits per heavy atom. The van der Waals surface area contributed by atoms with E-state index in [0.717, 1.165) is 51.4 Å². The standard InChI is InChI=1S/C67H127NO5/c1-3-5-7-9-11-13-15-17-19-20-25-28-32-35-39-43-47-51-55-59-65(70)64(63-69)68-66(71)60-56-52-48-44-40-36-33-29-26-23-21-22-24-27-30-34-38-42-46-50-54-58-62-73-67(72)61-57-53-49-45-41-37-31-18-16-14-12-10-8-6-4-2/h18,23,26,31,55,59,64-65,69-70H,3-17,19-22,24-25,27-30,32-54,56-58,60-63H2,1-2H3,(H,68,71)/b26-23-,31-18-,59-55+. The van der Waals surface area contributed by atoms with Crippen molar-refractivity contribution in [1.29, 1.82) is 0 Å². The van der Waals surface area contributed by atoms with E-state index < -0.39 is 12.1 Å². The smallest absolute Gasteiger partial charge is 0.305 e. The molecule has 0 aliphatic heterocycles. The van der Waals surface area contributed by atoms with Gasteiger partial charge in [-0.2, -0.15) is 0 Å². The molecule has 0 saturated heterocycles. The molecule has 2 unspecified atom stereocenters. The first-order valence-corrected chi connectivity index (χ1v) is 32.8. The van der Waals surface area contributed by atoms with E-state index in [9.17, 15) is 19.8 Å². The van der Waals surface area contributed by atoms with Gasteiger partial charge < -0.3 is 20.3 Å². The van der Waals surface area contributed by atoms with E-state index in [1.54, 1.807) is 6.08 Å². The van der Waals surface area contributed by atoms with Crippen LogP contribution in [0.2, 0.25) is 0 Å². The number of nitrogens with one attached hydrogen (secondary N) is 1. The minimum Gasteiger partial charge on any atom is -0.466 e. The summed E-state index contributed by atoms with van der Waals surface area (Å²) < 4.78 is 5.48. The van der Waals surface area contributed by atoms with Crippen molar-refractivity contribution < 1.29 is 24.5 Å². The second-order valence-corrected chi connectivity index (χ2v) is 22.4. The molecule has 430 valence electrons. The molecule has 3 N–H and O–H groups in total. The van der Waals surface area contributed by atoms with Crippen molar-refractivity contribution in [2.45, 2.75) is 366 Å². The average Bonchev–Trinajstić information content (AvgIpc) is 3.39. The number of carbonyl (C=O) groups excluding carboxylic acids is 2. The molecule has 0 aromatic carbocycles. The Kier molecular flexibility index (Phi) is 61.0. The first-order chi connectivity index (χ1) is 36.0. The van der Waals surface area contributed by atoms with Gasteiger partial charge in [0.2, 0.25) is 5.91 Å². The van der Waals surface area contributed by atoms with Gasteiger partial charge in [0.1, 0.15) is 0 Å². The summed E-state index contributed by atoms with van der Waals surface area (Å²) >= 11 is 0. The van der Waals surface area contributed by atoms with Crippen LogP contribution in [0.1, 0.15) is 354 Å². The Hall–Kier alpha value is -1.92. The summed E-state index contributed by atoms with van der Waals surface area (Å²) in [7, 11) is 0.